The van der Waals surface area contributed by atoms with Crippen LogP contribution in [0.5, 0.6) is 11.5 Å². The number of carbonyl (C=O) groups is 2. The highest BCUT2D eigenvalue weighted by Crippen LogP contribution is 2.41. The zero-order valence-corrected chi connectivity index (χ0v) is 28.5. The third-order valence-corrected chi connectivity index (χ3v) is 8.40. The molecule has 4 N–H and O–H groups in total. The van der Waals surface area contributed by atoms with Gasteiger partial charge < -0.3 is 20.5 Å². The van der Waals surface area contributed by atoms with Crippen LogP contribution in [0.3, 0.4) is 0 Å². The van der Waals surface area contributed by atoms with Crippen molar-refractivity contribution in [2.45, 2.75) is 32.8 Å². The minimum absolute atomic E-state index is 0.0222. The lowest BCUT2D eigenvalue weighted by atomic mass is 10.00. The molecular formula is C41H39N5O5. The number of hydrogen-bond acceptors (Lipinski definition) is 8. The van der Waals surface area contributed by atoms with Crippen molar-refractivity contribution >= 4 is 56.1 Å². The van der Waals surface area contributed by atoms with Gasteiger partial charge in [-0.1, -0.05) is 86.5 Å². The van der Waals surface area contributed by atoms with Crippen molar-refractivity contribution in [2.75, 3.05) is 24.5 Å². The van der Waals surface area contributed by atoms with E-state index in [2.05, 4.69) is 33.3 Å². The second-order valence-electron chi connectivity index (χ2n) is 12.0. The summed E-state index contributed by atoms with van der Waals surface area (Å²) in [6.45, 7) is 2.89. The van der Waals surface area contributed by atoms with Gasteiger partial charge in [-0.05, 0) is 71.3 Å². The van der Waals surface area contributed by atoms with Crippen LogP contribution in [0, 0.1) is 0 Å². The molecular weight excluding hydrogens is 642 g/mol. The van der Waals surface area contributed by atoms with Crippen molar-refractivity contribution in [2.24, 2.45) is 10.2 Å². The Kier molecular flexibility index (Phi) is 11.1. The van der Waals surface area contributed by atoms with Crippen LogP contribution in [0.4, 0.5) is 22.7 Å². The SMILES string of the molecule is CCCCCNC(=O)c1ccc2c(N=Nc3cc(CONc4ccccc4)ccc3OC)c(O)c(C(=O)Nc3cccc4ccccc34)cc2c1. The average Bonchev–Trinajstić information content (AvgIpc) is 3.16. The molecule has 0 fully saturated rings. The van der Waals surface area contributed by atoms with Gasteiger partial charge in [0.15, 0.2) is 5.75 Å². The Hall–Kier alpha value is -6.26. The van der Waals surface area contributed by atoms with Gasteiger partial charge in [-0.15, -0.1) is 10.2 Å². The molecule has 0 aromatic heterocycles. The Balaban J connectivity index is 1.35. The summed E-state index contributed by atoms with van der Waals surface area (Å²) in [7, 11) is 1.53. The van der Waals surface area contributed by atoms with Gasteiger partial charge in [0.05, 0.1) is 25.0 Å². The molecule has 10 heteroatoms. The van der Waals surface area contributed by atoms with Crippen LogP contribution in [0.1, 0.15) is 52.5 Å². The molecule has 0 atom stereocenters. The van der Waals surface area contributed by atoms with Crippen molar-refractivity contribution < 1.29 is 24.3 Å². The first kappa shape index (κ1) is 34.6. The van der Waals surface area contributed by atoms with E-state index in [0.29, 0.717) is 40.0 Å². The standard InChI is InChI=1S/C41H39N5O5/c1-3-4-10-22-42-40(48)29-19-20-33-30(24-29)25-34(41(49)43-35-17-11-13-28-12-8-9-16-32(28)35)39(47)38(33)45-44-36-23-27(18-21-37(36)50-2)26-51-46-31-14-6-5-7-15-31/h5-9,11-21,23-25,46-47H,3-4,10,22,26H2,1-2H3,(H,42,48)(H,43,49). The third kappa shape index (κ3) is 8.31. The summed E-state index contributed by atoms with van der Waals surface area (Å²) >= 11 is 0. The van der Waals surface area contributed by atoms with Crippen LogP contribution in [-0.4, -0.2) is 30.6 Å². The summed E-state index contributed by atoms with van der Waals surface area (Å²) in [4.78, 5) is 32.6. The maximum absolute atomic E-state index is 13.9. The minimum Gasteiger partial charge on any atom is -0.505 e. The average molecular weight is 682 g/mol. The predicted octanol–water partition coefficient (Wildman–Crippen LogP) is 9.84. The zero-order valence-electron chi connectivity index (χ0n) is 28.5. The van der Waals surface area contributed by atoms with E-state index in [0.717, 1.165) is 41.3 Å². The molecule has 0 bridgehead atoms. The molecule has 0 aliphatic carbocycles. The largest absolute Gasteiger partial charge is 0.505 e. The molecule has 10 nitrogen and oxygen atoms in total. The summed E-state index contributed by atoms with van der Waals surface area (Å²) in [5, 5.41) is 29.4. The van der Waals surface area contributed by atoms with E-state index < -0.39 is 5.91 Å². The summed E-state index contributed by atoms with van der Waals surface area (Å²) < 4.78 is 5.55. The molecule has 0 saturated carbocycles. The molecule has 0 aliphatic heterocycles. The van der Waals surface area contributed by atoms with Crippen LogP contribution in [0.2, 0.25) is 0 Å². The molecule has 6 aromatic carbocycles. The minimum atomic E-state index is -0.542. The molecule has 0 aliphatic rings. The van der Waals surface area contributed by atoms with Crippen molar-refractivity contribution in [3.05, 3.63) is 132 Å². The second kappa shape index (κ2) is 16.4. The lowest BCUT2D eigenvalue weighted by Gasteiger charge is -2.14. The normalized spacial score (nSPS) is 11.2. The second-order valence-corrected chi connectivity index (χ2v) is 12.0. The molecule has 2 amide bonds. The number of benzene rings is 6. The number of aromatic hydroxyl groups is 1. The van der Waals surface area contributed by atoms with E-state index in [1.165, 1.54) is 7.11 Å². The first-order valence-electron chi connectivity index (χ1n) is 16.8. The maximum atomic E-state index is 13.9. The zero-order chi connectivity index (χ0) is 35.6. The molecule has 51 heavy (non-hydrogen) atoms. The number of unbranched alkanes of at least 4 members (excludes halogenated alkanes) is 2. The van der Waals surface area contributed by atoms with Gasteiger partial charge in [0.1, 0.15) is 17.1 Å². The smallest absolute Gasteiger partial charge is 0.259 e. The van der Waals surface area contributed by atoms with E-state index >= 15 is 0 Å². The highest BCUT2D eigenvalue weighted by Gasteiger charge is 2.21. The number of amides is 2. The molecule has 6 rings (SSSR count). The van der Waals surface area contributed by atoms with Gasteiger partial charge in [-0.25, -0.2) is 0 Å². The number of phenolic OH excluding ortho intramolecular Hbond substituents is 1. The summed E-state index contributed by atoms with van der Waals surface area (Å²) in [5.41, 5.74) is 5.97. The Labute approximate surface area is 296 Å². The van der Waals surface area contributed by atoms with Gasteiger partial charge in [0.25, 0.3) is 11.8 Å². The van der Waals surface area contributed by atoms with Gasteiger partial charge >= 0.3 is 0 Å². The van der Waals surface area contributed by atoms with Crippen LogP contribution < -0.4 is 20.9 Å². The quantitative estimate of drug-likeness (QED) is 0.0514. The number of fused-ring (bicyclic) bond motifs is 2. The monoisotopic (exact) mass is 681 g/mol. The van der Waals surface area contributed by atoms with Gasteiger partial charge in [0.2, 0.25) is 0 Å². The molecule has 0 radical (unpaired) electrons. The molecule has 0 saturated heterocycles. The number of nitrogens with one attached hydrogen (secondary N) is 3. The third-order valence-electron chi connectivity index (χ3n) is 8.40. The number of rotatable bonds is 14. The first-order valence-corrected chi connectivity index (χ1v) is 16.8. The number of hydrogen-bond donors (Lipinski definition) is 4. The van der Waals surface area contributed by atoms with E-state index in [9.17, 15) is 14.7 Å². The first-order chi connectivity index (χ1) is 24.9. The number of ether oxygens (including phenoxy) is 1. The molecule has 0 heterocycles. The fraction of sp³-hybridized carbons (Fsp3) is 0.171. The molecule has 0 unspecified atom stereocenters. The van der Waals surface area contributed by atoms with E-state index in [4.69, 9.17) is 9.57 Å². The van der Waals surface area contributed by atoms with Crippen LogP contribution in [-0.2, 0) is 11.4 Å². The Morgan fingerprint density at radius 2 is 1.57 bits per heavy atom. The van der Waals surface area contributed by atoms with Crippen LogP contribution >= 0.6 is 0 Å². The molecule has 258 valence electrons. The highest BCUT2D eigenvalue weighted by atomic mass is 16.6. The Bertz CT molecular complexity index is 2200. The van der Waals surface area contributed by atoms with E-state index in [-0.39, 0.29) is 29.5 Å². The maximum Gasteiger partial charge on any atom is 0.259 e. The number of anilines is 2. The van der Waals surface area contributed by atoms with Crippen molar-refractivity contribution in [3.63, 3.8) is 0 Å². The Morgan fingerprint density at radius 3 is 2.39 bits per heavy atom. The lowest BCUT2D eigenvalue weighted by molar-refractivity contribution is 0.0952. The van der Waals surface area contributed by atoms with E-state index in [1.807, 2.05) is 72.8 Å². The molecule has 0 spiro atoms. The predicted molar refractivity (Wildman–Crippen MR) is 201 cm³/mol. The van der Waals surface area contributed by atoms with Gasteiger partial charge in [-0.2, -0.15) is 0 Å². The summed E-state index contributed by atoms with van der Waals surface area (Å²) in [6.07, 6.45) is 2.95. The van der Waals surface area contributed by atoms with Crippen molar-refractivity contribution in [3.8, 4) is 11.5 Å². The van der Waals surface area contributed by atoms with Gasteiger partial charge in [0, 0.05) is 28.6 Å². The number of methoxy groups -OCH3 is 1. The van der Waals surface area contributed by atoms with Crippen LogP contribution in [0.25, 0.3) is 21.5 Å². The topological polar surface area (TPSA) is 134 Å². The van der Waals surface area contributed by atoms with E-state index in [1.54, 1.807) is 42.5 Å². The van der Waals surface area contributed by atoms with Crippen molar-refractivity contribution in [1.29, 1.82) is 0 Å². The fourth-order valence-corrected chi connectivity index (χ4v) is 5.71. The number of nitrogens with zero attached hydrogens (tertiary/aromatic N) is 2. The fourth-order valence-electron chi connectivity index (χ4n) is 5.71. The van der Waals surface area contributed by atoms with Gasteiger partial charge in [-0.3, -0.25) is 19.9 Å². The number of phenols is 1. The number of carbonyl (C=O) groups excluding carboxylic acids is 2. The summed E-state index contributed by atoms with van der Waals surface area (Å²) in [6, 6.07) is 34.8. The lowest BCUT2D eigenvalue weighted by Crippen LogP contribution is -2.24. The Morgan fingerprint density at radius 1 is 0.765 bits per heavy atom. The molecule has 6 aromatic rings. The van der Waals surface area contributed by atoms with Crippen molar-refractivity contribution in [1.82, 2.24) is 5.32 Å². The number of para-hydroxylation sites is 1. The summed E-state index contributed by atoms with van der Waals surface area (Å²) in [5.74, 6) is -0.670. The number of azo groups is 1. The highest BCUT2D eigenvalue weighted by molar-refractivity contribution is 6.14. The van der Waals surface area contributed by atoms with Crippen LogP contribution in [0.15, 0.2) is 125 Å².